The quantitative estimate of drug-likeness (QED) is 0.538. The van der Waals surface area contributed by atoms with Gasteiger partial charge in [-0.3, -0.25) is 9.69 Å². The highest BCUT2D eigenvalue weighted by molar-refractivity contribution is 7.98. The number of hydrogen-bond acceptors (Lipinski definition) is 4. The van der Waals surface area contributed by atoms with Gasteiger partial charge < -0.3 is 10.4 Å². The van der Waals surface area contributed by atoms with E-state index in [1.165, 1.54) is 18.4 Å². The minimum atomic E-state index is -0.999. The van der Waals surface area contributed by atoms with Gasteiger partial charge in [0, 0.05) is 18.7 Å². The standard InChI is InChI=1S/C26H34N2O3S/c1-4-19-11-13-28(16-19)17-20-9-10-22(23(15-20)21-8-6-5-7-18(21)2)25(29)27-24(26(30)31)12-14-32-3/h5-10,15,19,24H,4,11-14,16-17H2,1-3H3,(H,27,29)(H,30,31). The van der Waals surface area contributed by atoms with E-state index in [2.05, 4.69) is 23.2 Å². The topological polar surface area (TPSA) is 69.6 Å². The average molecular weight is 455 g/mol. The van der Waals surface area contributed by atoms with Crippen LogP contribution < -0.4 is 5.32 Å². The molecule has 1 saturated heterocycles. The molecule has 3 rings (SSSR count). The Labute approximate surface area is 195 Å². The predicted octanol–water partition coefficient (Wildman–Crippen LogP) is 4.83. The number of aliphatic carboxylic acids is 1. The van der Waals surface area contributed by atoms with Gasteiger partial charge in [-0.25, -0.2) is 4.79 Å². The highest BCUT2D eigenvalue weighted by atomic mass is 32.2. The SMILES string of the molecule is CCC1CCN(Cc2ccc(C(=O)NC(CCSC)C(=O)O)c(-c3ccccc3C)c2)C1. The molecule has 0 aliphatic carbocycles. The Bertz CT molecular complexity index is 946. The molecule has 0 saturated carbocycles. The molecule has 2 aromatic rings. The van der Waals surface area contributed by atoms with Gasteiger partial charge in [-0.15, -0.1) is 0 Å². The van der Waals surface area contributed by atoms with Crippen LogP contribution in [0.15, 0.2) is 42.5 Å². The second kappa shape index (κ2) is 11.5. The van der Waals surface area contributed by atoms with E-state index in [1.807, 2.05) is 49.6 Å². The third-order valence-electron chi connectivity index (χ3n) is 6.33. The van der Waals surface area contributed by atoms with Crippen molar-refractivity contribution in [1.82, 2.24) is 10.2 Å². The number of rotatable bonds is 10. The second-order valence-electron chi connectivity index (χ2n) is 8.64. The first-order chi connectivity index (χ1) is 15.4. The lowest BCUT2D eigenvalue weighted by molar-refractivity contribution is -0.139. The lowest BCUT2D eigenvalue weighted by Crippen LogP contribution is -2.41. The first-order valence-corrected chi connectivity index (χ1v) is 12.8. The summed E-state index contributed by atoms with van der Waals surface area (Å²) >= 11 is 1.57. The van der Waals surface area contributed by atoms with Crippen LogP contribution in [0.2, 0.25) is 0 Å². The van der Waals surface area contributed by atoms with Crippen molar-refractivity contribution in [3.8, 4) is 11.1 Å². The third kappa shape index (κ3) is 6.14. The fourth-order valence-electron chi connectivity index (χ4n) is 4.36. The zero-order chi connectivity index (χ0) is 23.1. The van der Waals surface area contributed by atoms with Crippen molar-refractivity contribution in [2.24, 2.45) is 5.92 Å². The van der Waals surface area contributed by atoms with E-state index in [-0.39, 0.29) is 5.91 Å². The summed E-state index contributed by atoms with van der Waals surface area (Å²) in [6.45, 7) is 7.38. The summed E-state index contributed by atoms with van der Waals surface area (Å²) in [4.78, 5) is 27.3. The molecule has 1 aliphatic heterocycles. The van der Waals surface area contributed by atoms with Crippen LogP contribution in [0.5, 0.6) is 0 Å². The Hall–Kier alpha value is -2.31. The zero-order valence-electron chi connectivity index (χ0n) is 19.3. The molecular formula is C26H34N2O3S. The van der Waals surface area contributed by atoms with Crippen molar-refractivity contribution < 1.29 is 14.7 Å². The zero-order valence-corrected chi connectivity index (χ0v) is 20.1. The summed E-state index contributed by atoms with van der Waals surface area (Å²) in [5.74, 6) is 0.108. The van der Waals surface area contributed by atoms with E-state index >= 15 is 0 Å². The van der Waals surface area contributed by atoms with E-state index in [4.69, 9.17) is 0 Å². The molecule has 172 valence electrons. The fraction of sp³-hybridized carbons (Fsp3) is 0.462. The molecule has 0 bridgehead atoms. The summed E-state index contributed by atoms with van der Waals surface area (Å²) in [5.41, 5.74) is 4.64. The number of likely N-dealkylation sites (tertiary alicyclic amines) is 1. The summed E-state index contributed by atoms with van der Waals surface area (Å²) in [7, 11) is 0. The number of amides is 1. The minimum Gasteiger partial charge on any atom is -0.480 e. The van der Waals surface area contributed by atoms with Crippen molar-refractivity contribution in [3.63, 3.8) is 0 Å². The van der Waals surface area contributed by atoms with Crippen molar-refractivity contribution >= 4 is 23.6 Å². The number of carboxylic acid groups (broad SMARTS) is 1. The summed E-state index contributed by atoms with van der Waals surface area (Å²) in [6.07, 6.45) is 4.78. The molecule has 0 spiro atoms. The Morgan fingerprint density at radius 1 is 1.22 bits per heavy atom. The van der Waals surface area contributed by atoms with Crippen LogP contribution in [0.1, 0.15) is 47.7 Å². The van der Waals surface area contributed by atoms with Crippen LogP contribution in [0.4, 0.5) is 0 Å². The summed E-state index contributed by atoms with van der Waals surface area (Å²) < 4.78 is 0. The van der Waals surface area contributed by atoms with Gasteiger partial charge in [0.25, 0.3) is 5.91 Å². The molecule has 1 heterocycles. The van der Waals surface area contributed by atoms with Gasteiger partial charge >= 0.3 is 5.97 Å². The van der Waals surface area contributed by atoms with Gasteiger partial charge in [-0.2, -0.15) is 11.8 Å². The number of nitrogens with zero attached hydrogens (tertiary/aromatic N) is 1. The maximum Gasteiger partial charge on any atom is 0.326 e. The number of hydrogen-bond donors (Lipinski definition) is 2. The molecule has 2 aromatic carbocycles. The van der Waals surface area contributed by atoms with Crippen molar-refractivity contribution in [2.75, 3.05) is 25.1 Å². The number of carboxylic acids is 1. The number of carbonyl (C=O) groups excluding carboxylic acids is 1. The van der Waals surface area contributed by atoms with Gasteiger partial charge in [-0.05, 0) is 78.6 Å². The normalized spacial score (nSPS) is 17.3. The van der Waals surface area contributed by atoms with E-state index in [0.717, 1.165) is 42.2 Å². The predicted molar refractivity (Wildman–Crippen MR) is 132 cm³/mol. The maximum atomic E-state index is 13.2. The van der Waals surface area contributed by atoms with Crippen LogP contribution in [0, 0.1) is 12.8 Å². The van der Waals surface area contributed by atoms with Crippen molar-refractivity contribution in [2.45, 2.75) is 45.7 Å². The second-order valence-corrected chi connectivity index (χ2v) is 9.62. The first-order valence-electron chi connectivity index (χ1n) is 11.4. The molecule has 1 amide bonds. The van der Waals surface area contributed by atoms with Crippen molar-refractivity contribution in [3.05, 3.63) is 59.2 Å². The maximum absolute atomic E-state index is 13.2. The molecule has 2 atom stereocenters. The molecule has 0 radical (unpaired) electrons. The largest absolute Gasteiger partial charge is 0.480 e. The lowest BCUT2D eigenvalue weighted by atomic mass is 9.93. The lowest BCUT2D eigenvalue weighted by Gasteiger charge is -2.20. The van der Waals surface area contributed by atoms with Gasteiger partial charge in [0.2, 0.25) is 0 Å². The fourth-order valence-corrected chi connectivity index (χ4v) is 4.83. The number of nitrogens with one attached hydrogen (secondary N) is 1. The summed E-state index contributed by atoms with van der Waals surface area (Å²) in [5, 5.41) is 12.3. The number of aryl methyl sites for hydroxylation is 1. The first kappa shape index (κ1) is 24.3. The number of benzene rings is 2. The van der Waals surface area contributed by atoms with Crippen LogP contribution >= 0.6 is 11.8 Å². The Balaban J connectivity index is 1.90. The van der Waals surface area contributed by atoms with E-state index in [1.54, 1.807) is 11.8 Å². The van der Waals surface area contributed by atoms with Gasteiger partial charge in [-0.1, -0.05) is 43.7 Å². The van der Waals surface area contributed by atoms with E-state index in [9.17, 15) is 14.7 Å². The van der Waals surface area contributed by atoms with Gasteiger partial charge in [0.05, 0.1) is 0 Å². The van der Waals surface area contributed by atoms with Crippen molar-refractivity contribution in [1.29, 1.82) is 0 Å². The smallest absolute Gasteiger partial charge is 0.326 e. The van der Waals surface area contributed by atoms with Crippen LogP contribution in [0.25, 0.3) is 11.1 Å². The highest BCUT2D eigenvalue weighted by Crippen LogP contribution is 2.30. The number of thioether (sulfide) groups is 1. The van der Waals surface area contributed by atoms with Crippen LogP contribution in [-0.2, 0) is 11.3 Å². The van der Waals surface area contributed by atoms with Gasteiger partial charge in [0.1, 0.15) is 6.04 Å². The van der Waals surface area contributed by atoms with E-state index < -0.39 is 12.0 Å². The molecule has 32 heavy (non-hydrogen) atoms. The molecule has 0 aromatic heterocycles. The molecule has 1 aliphatic rings. The van der Waals surface area contributed by atoms with Crippen LogP contribution in [0.3, 0.4) is 0 Å². The molecule has 1 fully saturated rings. The molecule has 6 heteroatoms. The molecule has 2 N–H and O–H groups in total. The Morgan fingerprint density at radius 3 is 2.66 bits per heavy atom. The average Bonchev–Trinajstić information content (AvgIpc) is 3.24. The van der Waals surface area contributed by atoms with Crippen LogP contribution in [-0.4, -0.2) is 53.0 Å². The Morgan fingerprint density at radius 2 is 2.00 bits per heavy atom. The van der Waals surface area contributed by atoms with Gasteiger partial charge in [0.15, 0.2) is 0 Å². The monoisotopic (exact) mass is 454 g/mol. The molecule has 2 unspecified atom stereocenters. The minimum absolute atomic E-state index is 0.337. The Kier molecular flexibility index (Phi) is 8.76. The molecular weight excluding hydrogens is 420 g/mol. The third-order valence-corrected chi connectivity index (χ3v) is 6.98. The molecule has 5 nitrogen and oxygen atoms in total. The summed E-state index contributed by atoms with van der Waals surface area (Å²) in [6, 6.07) is 13.1. The highest BCUT2D eigenvalue weighted by Gasteiger charge is 2.24. The number of carbonyl (C=O) groups is 2. The van der Waals surface area contributed by atoms with E-state index in [0.29, 0.717) is 17.7 Å².